The number of hydrogen-bond donors (Lipinski definition) is 0. The smallest absolute Gasteiger partial charge is 0.264 e. The van der Waals surface area contributed by atoms with Crippen LogP contribution in [0.4, 0.5) is 14.5 Å². The van der Waals surface area contributed by atoms with Gasteiger partial charge in [0.05, 0.1) is 10.6 Å². The van der Waals surface area contributed by atoms with E-state index in [4.69, 9.17) is 0 Å². The number of anilines is 1. The van der Waals surface area contributed by atoms with Gasteiger partial charge in [-0.15, -0.1) is 0 Å². The zero-order valence-corrected chi connectivity index (χ0v) is 12.7. The van der Waals surface area contributed by atoms with Crippen LogP contribution in [-0.4, -0.2) is 15.5 Å². The molecule has 0 bridgehead atoms. The lowest BCUT2D eigenvalue weighted by Gasteiger charge is -2.20. The average molecular weight is 362 g/mol. The summed E-state index contributed by atoms with van der Waals surface area (Å²) in [5.74, 6) is -1.21. The molecular formula is C13H10BrF2NO2S. The van der Waals surface area contributed by atoms with Crippen LogP contribution >= 0.6 is 15.9 Å². The Labute approximate surface area is 124 Å². The molecule has 3 nitrogen and oxygen atoms in total. The van der Waals surface area contributed by atoms with E-state index < -0.39 is 21.7 Å². The molecule has 0 saturated heterocycles. The van der Waals surface area contributed by atoms with Gasteiger partial charge < -0.3 is 0 Å². The summed E-state index contributed by atoms with van der Waals surface area (Å²) in [5.41, 5.74) is -0.0856. The highest BCUT2D eigenvalue weighted by Crippen LogP contribution is 2.27. The second kappa shape index (κ2) is 5.49. The zero-order chi connectivity index (χ0) is 14.9. The molecule has 0 aliphatic carbocycles. The molecule has 2 rings (SSSR count). The van der Waals surface area contributed by atoms with E-state index in [9.17, 15) is 17.2 Å². The van der Waals surface area contributed by atoms with Crippen molar-refractivity contribution < 1.29 is 17.2 Å². The molecule has 0 aliphatic heterocycles. The first-order valence-corrected chi connectivity index (χ1v) is 7.75. The lowest BCUT2D eigenvalue weighted by atomic mass is 10.3. The maximum Gasteiger partial charge on any atom is 0.264 e. The highest BCUT2D eigenvalue weighted by Gasteiger charge is 2.23. The van der Waals surface area contributed by atoms with Gasteiger partial charge in [-0.1, -0.05) is 15.9 Å². The third-order valence-electron chi connectivity index (χ3n) is 2.72. The summed E-state index contributed by atoms with van der Waals surface area (Å²) < 4.78 is 52.6. The molecule has 0 radical (unpaired) electrons. The van der Waals surface area contributed by atoms with Gasteiger partial charge in [-0.3, -0.25) is 4.31 Å². The van der Waals surface area contributed by atoms with E-state index in [1.165, 1.54) is 25.2 Å². The van der Waals surface area contributed by atoms with Crippen molar-refractivity contribution in [1.82, 2.24) is 0 Å². The molecule has 0 spiro atoms. The van der Waals surface area contributed by atoms with E-state index in [-0.39, 0.29) is 10.6 Å². The van der Waals surface area contributed by atoms with Crippen LogP contribution in [0.2, 0.25) is 0 Å². The summed E-state index contributed by atoms with van der Waals surface area (Å²) in [6, 6.07) is 8.41. The molecule has 0 amide bonds. The Hall–Kier alpha value is -1.47. The standard InChI is InChI=1S/C13H10BrF2NO2S/c1-17(13-7-2-9(14)8-12(13)16)20(18,19)11-5-3-10(15)4-6-11/h2-8H,1H3. The molecule has 0 aromatic heterocycles. The van der Waals surface area contributed by atoms with Gasteiger partial charge in [0, 0.05) is 11.5 Å². The molecule has 106 valence electrons. The molecule has 0 unspecified atom stereocenters. The van der Waals surface area contributed by atoms with Crippen LogP contribution in [0.1, 0.15) is 0 Å². The Morgan fingerprint density at radius 2 is 1.65 bits per heavy atom. The lowest BCUT2D eigenvalue weighted by Crippen LogP contribution is -2.27. The van der Waals surface area contributed by atoms with Crippen molar-refractivity contribution in [2.24, 2.45) is 0 Å². The lowest BCUT2D eigenvalue weighted by molar-refractivity contribution is 0.588. The first-order chi connectivity index (χ1) is 9.32. The summed E-state index contributed by atoms with van der Waals surface area (Å²) in [5, 5.41) is 0. The molecule has 2 aromatic carbocycles. The van der Waals surface area contributed by atoms with E-state index in [1.54, 1.807) is 0 Å². The minimum Gasteiger partial charge on any atom is -0.266 e. The first-order valence-electron chi connectivity index (χ1n) is 5.52. The van der Waals surface area contributed by atoms with Crippen LogP contribution < -0.4 is 4.31 Å². The second-order valence-electron chi connectivity index (χ2n) is 4.02. The average Bonchev–Trinajstić information content (AvgIpc) is 2.38. The third kappa shape index (κ3) is 2.83. The molecular weight excluding hydrogens is 352 g/mol. The molecule has 0 heterocycles. The fourth-order valence-corrected chi connectivity index (χ4v) is 3.17. The van der Waals surface area contributed by atoms with E-state index in [2.05, 4.69) is 15.9 Å². The number of nitrogens with zero attached hydrogens (tertiary/aromatic N) is 1. The van der Waals surface area contributed by atoms with Crippen molar-refractivity contribution in [1.29, 1.82) is 0 Å². The van der Waals surface area contributed by atoms with Crippen LogP contribution in [0.5, 0.6) is 0 Å². The molecule has 0 saturated carbocycles. The first kappa shape index (κ1) is 14.9. The third-order valence-corrected chi connectivity index (χ3v) is 5.00. The van der Waals surface area contributed by atoms with Crippen molar-refractivity contribution in [2.75, 3.05) is 11.4 Å². The maximum atomic E-state index is 13.8. The molecule has 20 heavy (non-hydrogen) atoms. The number of benzene rings is 2. The number of rotatable bonds is 3. The van der Waals surface area contributed by atoms with Crippen molar-refractivity contribution in [3.05, 3.63) is 58.6 Å². The Morgan fingerprint density at radius 1 is 1.05 bits per heavy atom. The van der Waals surface area contributed by atoms with Gasteiger partial charge in [-0.05, 0) is 42.5 Å². The summed E-state index contributed by atoms with van der Waals surface area (Å²) in [6.07, 6.45) is 0. The molecule has 0 atom stereocenters. The monoisotopic (exact) mass is 361 g/mol. The van der Waals surface area contributed by atoms with Crippen LogP contribution in [0.3, 0.4) is 0 Å². The van der Waals surface area contributed by atoms with Gasteiger partial charge in [0.1, 0.15) is 11.6 Å². The fourth-order valence-electron chi connectivity index (χ4n) is 1.63. The van der Waals surface area contributed by atoms with Gasteiger partial charge in [0.15, 0.2) is 0 Å². The highest BCUT2D eigenvalue weighted by molar-refractivity contribution is 9.10. The van der Waals surface area contributed by atoms with E-state index in [0.29, 0.717) is 4.47 Å². The summed E-state index contributed by atoms with van der Waals surface area (Å²) in [7, 11) is -2.69. The Balaban J connectivity index is 2.45. The Morgan fingerprint density at radius 3 is 2.20 bits per heavy atom. The number of sulfonamides is 1. The van der Waals surface area contributed by atoms with Crippen molar-refractivity contribution >= 4 is 31.6 Å². The summed E-state index contributed by atoms with van der Waals surface area (Å²) >= 11 is 3.10. The van der Waals surface area contributed by atoms with Crippen LogP contribution in [0.25, 0.3) is 0 Å². The summed E-state index contributed by atoms with van der Waals surface area (Å²) in [6.45, 7) is 0. The van der Waals surface area contributed by atoms with E-state index >= 15 is 0 Å². The van der Waals surface area contributed by atoms with Gasteiger partial charge in [0.2, 0.25) is 0 Å². The normalized spacial score (nSPS) is 11.4. The Kier molecular flexibility index (Phi) is 4.10. The fraction of sp³-hybridized carbons (Fsp3) is 0.0769. The highest BCUT2D eigenvalue weighted by atomic mass is 79.9. The Bertz CT molecular complexity index is 733. The van der Waals surface area contributed by atoms with Crippen molar-refractivity contribution in [3.8, 4) is 0 Å². The van der Waals surface area contributed by atoms with Crippen molar-refractivity contribution in [3.63, 3.8) is 0 Å². The van der Waals surface area contributed by atoms with Crippen LogP contribution in [-0.2, 0) is 10.0 Å². The minimum atomic E-state index is -3.93. The van der Waals surface area contributed by atoms with Crippen molar-refractivity contribution in [2.45, 2.75) is 4.90 Å². The molecule has 7 heteroatoms. The zero-order valence-electron chi connectivity index (χ0n) is 10.3. The van der Waals surface area contributed by atoms with Gasteiger partial charge in [0.25, 0.3) is 10.0 Å². The van der Waals surface area contributed by atoms with E-state index in [0.717, 1.165) is 28.6 Å². The maximum absolute atomic E-state index is 13.8. The van der Waals surface area contributed by atoms with Gasteiger partial charge in [-0.25, -0.2) is 17.2 Å². The van der Waals surface area contributed by atoms with Gasteiger partial charge >= 0.3 is 0 Å². The van der Waals surface area contributed by atoms with Crippen LogP contribution in [0.15, 0.2) is 51.8 Å². The molecule has 0 aliphatic rings. The SMILES string of the molecule is CN(c1ccc(Br)cc1F)S(=O)(=O)c1ccc(F)cc1. The predicted octanol–water partition coefficient (Wildman–Crippen LogP) is 3.55. The summed E-state index contributed by atoms with van der Waals surface area (Å²) in [4.78, 5) is -0.108. The topological polar surface area (TPSA) is 37.4 Å². The number of halogens is 3. The second-order valence-corrected chi connectivity index (χ2v) is 6.91. The minimum absolute atomic E-state index is 0.0856. The number of hydrogen-bond acceptors (Lipinski definition) is 2. The van der Waals surface area contributed by atoms with E-state index in [1.807, 2.05) is 0 Å². The largest absolute Gasteiger partial charge is 0.266 e. The molecule has 0 N–H and O–H groups in total. The predicted molar refractivity (Wildman–Crippen MR) is 76.1 cm³/mol. The molecule has 2 aromatic rings. The van der Waals surface area contributed by atoms with Crippen LogP contribution in [0, 0.1) is 11.6 Å². The van der Waals surface area contributed by atoms with Gasteiger partial charge in [-0.2, -0.15) is 0 Å². The quantitative estimate of drug-likeness (QED) is 0.838. The molecule has 0 fully saturated rings.